The Balaban J connectivity index is 1.48. The van der Waals surface area contributed by atoms with Crippen LogP contribution in [0.25, 0.3) is 0 Å². The molecule has 2 heterocycles. The average molecular weight is 515 g/mol. The van der Waals surface area contributed by atoms with E-state index in [-0.39, 0.29) is 52.9 Å². The van der Waals surface area contributed by atoms with Gasteiger partial charge in [0.25, 0.3) is 11.8 Å². The molecule has 5 N–H and O–H groups in total. The average Bonchev–Trinajstić information content (AvgIpc) is 3.44. The second-order valence-corrected chi connectivity index (χ2v) is 8.76. The van der Waals surface area contributed by atoms with Gasteiger partial charge in [-0.25, -0.2) is 8.78 Å². The molecule has 0 bridgehead atoms. The molecule has 0 aliphatic carbocycles. The van der Waals surface area contributed by atoms with Gasteiger partial charge in [-0.3, -0.25) is 14.4 Å². The molecule has 0 radical (unpaired) electrons. The number of carbonyl (C=O) groups is 3. The normalized spacial score (nSPS) is 14.7. The molecular formula is C23H25B2F2N3O7. The minimum Gasteiger partial charge on any atom is -0.423 e. The monoisotopic (exact) mass is 515 g/mol. The first-order valence-corrected chi connectivity index (χ1v) is 11.8. The highest BCUT2D eigenvalue weighted by Gasteiger charge is 2.33. The van der Waals surface area contributed by atoms with Gasteiger partial charge in [-0.15, -0.1) is 0 Å². The second-order valence-electron chi connectivity index (χ2n) is 8.76. The van der Waals surface area contributed by atoms with E-state index >= 15 is 0 Å². The molecule has 2 aliphatic rings. The molecule has 14 heteroatoms. The highest BCUT2D eigenvalue weighted by molar-refractivity contribution is 6.62. The van der Waals surface area contributed by atoms with E-state index in [1.807, 2.05) is 6.92 Å². The number of amides is 3. The van der Waals surface area contributed by atoms with E-state index in [4.69, 9.17) is 9.31 Å². The predicted octanol–water partition coefficient (Wildman–Crippen LogP) is -1.16. The van der Waals surface area contributed by atoms with Crippen LogP contribution in [0.15, 0.2) is 24.3 Å². The third-order valence-electron chi connectivity index (χ3n) is 6.21. The molecular weight excluding hydrogens is 490 g/mol. The molecule has 0 aromatic heterocycles. The molecule has 2 aliphatic heterocycles. The van der Waals surface area contributed by atoms with Gasteiger partial charge in [0.15, 0.2) is 0 Å². The Kier molecular flexibility index (Phi) is 8.22. The predicted molar refractivity (Wildman–Crippen MR) is 129 cm³/mol. The summed E-state index contributed by atoms with van der Waals surface area (Å²) in [5.41, 5.74) is 0.299. The van der Waals surface area contributed by atoms with Crippen LogP contribution in [0.4, 0.5) is 8.78 Å². The Bertz CT molecular complexity index is 1230. The molecule has 2 aromatic carbocycles. The van der Waals surface area contributed by atoms with Crippen molar-refractivity contribution in [1.29, 1.82) is 0 Å². The standard InChI is InChI=1S/C23H25B2F2N3O7/c1-2-3-4-28-23(33)20(30-22(32)13-6-17-15(19(27)8-13)11-37-25(17)35)9-29-21(31)12-5-16-14(18(26)7-12)10-36-24(16)34/h5-8,20,34-35H,2-4,9-11H2,1H3,(H,28,33)(H,29,31)(H,30,32)/t20-/m0/s1. The van der Waals surface area contributed by atoms with Crippen LogP contribution < -0.4 is 26.9 Å². The van der Waals surface area contributed by atoms with Gasteiger partial charge in [0, 0.05) is 35.3 Å². The molecule has 3 amide bonds. The summed E-state index contributed by atoms with van der Waals surface area (Å²) in [5.74, 6) is -3.59. The van der Waals surface area contributed by atoms with Crippen molar-refractivity contribution in [1.82, 2.24) is 16.0 Å². The number of fused-ring (bicyclic) bond motifs is 2. The van der Waals surface area contributed by atoms with Gasteiger partial charge >= 0.3 is 14.2 Å². The Labute approximate surface area is 212 Å². The summed E-state index contributed by atoms with van der Waals surface area (Å²) in [6.45, 7) is 1.65. The van der Waals surface area contributed by atoms with Crippen LogP contribution in [0.2, 0.25) is 0 Å². The largest absolute Gasteiger partial charge is 0.491 e. The van der Waals surface area contributed by atoms with Gasteiger partial charge in [-0.05, 0) is 41.6 Å². The zero-order valence-corrected chi connectivity index (χ0v) is 20.0. The van der Waals surface area contributed by atoms with Gasteiger partial charge in [-0.1, -0.05) is 13.3 Å². The van der Waals surface area contributed by atoms with Crippen LogP contribution in [0.1, 0.15) is 51.6 Å². The van der Waals surface area contributed by atoms with Crippen LogP contribution in [0.5, 0.6) is 0 Å². The number of carbonyl (C=O) groups excluding carboxylic acids is 3. The van der Waals surface area contributed by atoms with Gasteiger partial charge < -0.3 is 35.3 Å². The van der Waals surface area contributed by atoms with E-state index in [9.17, 15) is 33.2 Å². The Morgan fingerprint density at radius 3 is 2.00 bits per heavy atom. The van der Waals surface area contributed by atoms with E-state index in [1.54, 1.807) is 0 Å². The molecule has 0 saturated heterocycles. The third-order valence-corrected chi connectivity index (χ3v) is 6.21. The van der Waals surface area contributed by atoms with Crippen molar-refractivity contribution in [3.05, 3.63) is 58.2 Å². The lowest BCUT2D eigenvalue weighted by molar-refractivity contribution is -0.122. The van der Waals surface area contributed by atoms with Crippen molar-refractivity contribution in [2.24, 2.45) is 0 Å². The topological polar surface area (TPSA) is 146 Å². The summed E-state index contributed by atoms with van der Waals surface area (Å²) in [6, 6.07) is 3.28. The SMILES string of the molecule is CCCCNC(=O)[C@H](CNC(=O)c1cc(F)c2c(c1)B(O)OC2)NC(=O)c1cc(F)c2c(c1)B(O)OC2. The molecule has 37 heavy (non-hydrogen) atoms. The van der Waals surface area contributed by atoms with Crippen molar-refractivity contribution in [3.63, 3.8) is 0 Å². The van der Waals surface area contributed by atoms with Crippen molar-refractivity contribution >= 4 is 42.9 Å². The summed E-state index contributed by atoms with van der Waals surface area (Å²) >= 11 is 0. The van der Waals surface area contributed by atoms with E-state index in [1.165, 1.54) is 12.1 Å². The number of hydrogen-bond donors (Lipinski definition) is 5. The lowest BCUT2D eigenvalue weighted by Crippen LogP contribution is -2.53. The first-order valence-electron chi connectivity index (χ1n) is 11.8. The number of nitrogens with one attached hydrogen (secondary N) is 3. The van der Waals surface area contributed by atoms with Crippen LogP contribution in [0, 0.1) is 11.6 Å². The summed E-state index contributed by atoms with van der Waals surface area (Å²) in [4.78, 5) is 38.4. The summed E-state index contributed by atoms with van der Waals surface area (Å²) in [5, 5.41) is 27.3. The van der Waals surface area contributed by atoms with Gasteiger partial charge in [0.2, 0.25) is 5.91 Å². The zero-order chi connectivity index (χ0) is 26.7. The highest BCUT2D eigenvalue weighted by Crippen LogP contribution is 2.17. The molecule has 0 spiro atoms. The van der Waals surface area contributed by atoms with E-state index in [0.717, 1.165) is 18.6 Å². The number of unbranched alkanes of at least 4 members (excludes halogenated alkanes) is 1. The summed E-state index contributed by atoms with van der Waals surface area (Å²) in [6.07, 6.45) is 1.50. The van der Waals surface area contributed by atoms with Crippen molar-refractivity contribution in [3.8, 4) is 0 Å². The minimum atomic E-state index is -1.37. The first kappa shape index (κ1) is 26.7. The maximum absolute atomic E-state index is 14.4. The molecule has 10 nitrogen and oxygen atoms in total. The number of rotatable bonds is 9. The molecule has 0 saturated carbocycles. The fraction of sp³-hybridized carbons (Fsp3) is 0.348. The Morgan fingerprint density at radius 1 is 0.919 bits per heavy atom. The van der Waals surface area contributed by atoms with E-state index < -0.39 is 49.6 Å². The van der Waals surface area contributed by atoms with Crippen LogP contribution in [0.3, 0.4) is 0 Å². The highest BCUT2D eigenvalue weighted by atomic mass is 19.1. The van der Waals surface area contributed by atoms with Crippen molar-refractivity contribution < 1.29 is 42.5 Å². The molecule has 4 rings (SSSR count). The molecule has 1 atom stereocenters. The second kappa shape index (κ2) is 11.4. The fourth-order valence-corrected chi connectivity index (χ4v) is 4.09. The van der Waals surface area contributed by atoms with Gasteiger partial charge in [-0.2, -0.15) is 0 Å². The molecule has 2 aromatic rings. The number of halogens is 2. The molecule has 0 fully saturated rings. The van der Waals surface area contributed by atoms with Crippen molar-refractivity contribution in [2.45, 2.75) is 39.0 Å². The maximum Gasteiger partial charge on any atom is 0.491 e. The van der Waals surface area contributed by atoms with Crippen LogP contribution in [-0.2, 0) is 27.3 Å². The van der Waals surface area contributed by atoms with Crippen molar-refractivity contribution in [2.75, 3.05) is 13.1 Å². The van der Waals surface area contributed by atoms with E-state index in [2.05, 4.69) is 16.0 Å². The quantitative estimate of drug-likeness (QED) is 0.210. The van der Waals surface area contributed by atoms with Gasteiger partial charge in [0.05, 0.1) is 13.2 Å². The molecule has 194 valence electrons. The smallest absolute Gasteiger partial charge is 0.423 e. The lowest BCUT2D eigenvalue weighted by Gasteiger charge is -2.20. The summed E-state index contributed by atoms with van der Waals surface area (Å²) in [7, 11) is -2.73. The lowest BCUT2D eigenvalue weighted by atomic mass is 9.78. The third kappa shape index (κ3) is 5.82. The maximum atomic E-state index is 14.4. The van der Waals surface area contributed by atoms with Gasteiger partial charge in [0.1, 0.15) is 17.7 Å². The Morgan fingerprint density at radius 2 is 1.46 bits per heavy atom. The van der Waals surface area contributed by atoms with E-state index in [0.29, 0.717) is 13.0 Å². The number of benzene rings is 2. The van der Waals surface area contributed by atoms with Crippen LogP contribution >= 0.6 is 0 Å². The molecule has 0 unspecified atom stereocenters. The minimum absolute atomic E-state index is 0.105. The first-order chi connectivity index (χ1) is 17.7. The number of hydrogen-bond acceptors (Lipinski definition) is 7. The summed E-state index contributed by atoms with van der Waals surface area (Å²) < 4.78 is 38.7. The fourth-order valence-electron chi connectivity index (χ4n) is 4.09. The van der Waals surface area contributed by atoms with Crippen LogP contribution in [-0.4, -0.2) is 61.1 Å². The zero-order valence-electron chi connectivity index (χ0n) is 20.0. The Hall–Kier alpha value is -3.32.